The van der Waals surface area contributed by atoms with Crippen molar-refractivity contribution in [3.63, 3.8) is 0 Å². The molecular formula is C27H33ClN2O4. The Kier molecular flexibility index (Phi) is 8.94. The van der Waals surface area contributed by atoms with Crippen molar-refractivity contribution in [1.82, 2.24) is 4.98 Å². The minimum Gasteiger partial charge on any atom is -0.477 e. The molecule has 0 bridgehead atoms. The van der Waals surface area contributed by atoms with Gasteiger partial charge in [-0.25, -0.2) is 4.98 Å². The molecule has 0 radical (unpaired) electrons. The zero-order valence-corrected chi connectivity index (χ0v) is 20.6. The number of ether oxygens (including phenoxy) is 2. The van der Waals surface area contributed by atoms with Gasteiger partial charge in [-0.3, -0.25) is 4.79 Å². The van der Waals surface area contributed by atoms with Gasteiger partial charge in [-0.2, -0.15) is 0 Å². The van der Waals surface area contributed by atoms with Crippen LogP contribution in [0.5, 0.6) is 5.88 Å². The van der Waals surface area contributed by atoms with Crippen molar-refractivity contribution in [3.8, 4) is 17.0 Å². The van der Waals surface area contributed by atoms with Crippen LogP contribution in [-0.2, 0) is 9.57 Å². The Hall–Kier alpha value is -2.44. The molecule has 1 aromatic heterocycles. The van der Waals surface area contributed by atoms with Crippen molar-refractivity contribution < 1.29 is 19.1 Å². The number of nitrogens with zero attached hydrogens (tertiary/aromatic N) is 2. The molecule has 2 aliphatic rings. The molecule has 0 unspecified atom stereocenters. The standard InChI is InChI=1S/C27H33ClN2O4/c1-32-18-34-30-25-7-3-2-5-21(25)6-4-8-26(31)22-15-24(20-11-13-23(28)14-12-20)27(29-16-22)33-17-19-9-10-19/h11-16,19,21H,2-10,17-18H2,1H3/b30-25+/t21-/m1/s1. The molecule has 2 aliphatic carbocycles. The molecule has 1 aromatic carbocycles. The summed E-state index contributed by atoms with van der Waals surface area (Å²) in [5.41, 5.74) is 3.49. The van der Waals surface area contributed by atoms with Crippen molar-refractivity contribution in [2.45, 2.75) is 57.8 Å². The number of aromatic nitrogens is 1. The van der Waals surface area contributed by atoms with Crippen LogP contribution in [0.2, 0.25) is 5.02 Å². The van der Waals surface area contributed by atoms with Gasteiger partial charge in [0.15, 0.2) is 5.78 Å². The number of halogens is 1. The van der Waals surface area contributed by atoms with Crippen LogP contribution in [0.1, 0.15) is 68.1 Å². The van der Waals surface area contributed by atoms with Gasteiger partial charge < -0.3 is 14.3 Å². The largest absolute Gasteiger partial charge is 0.477 e. The second kappa shape index (κ2) is 12.3. The third-order valence-electron chi connectivity index (χ3n) is 6.50. The molecule has 7 heteroatoms. The number of hydrogen-bond donors (Lipinski definition) is 0. The fraction of sp³-hybridized carbons (Fsp3) is 0.519. The molecule has 6 nitrogen and oxygen atoms in total. The predicted molar refractivity (Wildman–Crippen MR) is 133 cm³/mol. The average Bonchev–Trinajstić information content (AvgIpc) is 3.69. The quantitative estimate of drug-likeness (QED) is 0.145. The Morgan fingerprint density at radius 3 is 2.76 bits per heavy atom. The zero-order chi connectivity index (χ0) is 23.8. The Morgan fingerprint density at radius 2 is 2.00 bits per heavy atom. The molecule has 0 aliphatic heterocycles. The fourth-order valence-corrected chi connectivity index (χ4v) is 4.48. The van der Waals surface area contributed by atoms with E-state index in [9.17, 15) is 4.79 Å². The van der Waals surface area contributed by atoms with E-state index < -0.39 is 0 Å². The van der Waals surface area contributed by atoms with Gasteiger partial charge in [0.2, 0.25) is 12.7 Å². The smallest absolute Gasteiger partial charge is 0.221 e. The highest BCUT2D eigenvalue weighted by atomic mass is 35.5. The van der Waals surface area contributed by atoms with E-state index in [4.69, 9.17) is 25.9 Å². The number of benzene rings is 1. The number of pyridine rings is 1. The maximum absolute atomic E-state index is 13.0. The Balaban J connectivity index is 1.40. The van der Waals surface area contributed by atoms with Crippen LogP contribution >= 0.6 is 11.6 Å². The van der Waals surface area contributed by atoms with E-state index in [0.29, 0.717) is 41.3 Å². The first-order valence-corrected chi connectivity index (χ1v) is 12.6. The number of rotatable bonds is 12. The van der Waals surface area contributed by atoms with Crippen LogP contribution in [-0.4, -0.2) is 37.0 Å². The lowest BCUT2D eigenvalue weighted by molar-refractivity contribution is -0.0292. The fourth-order valence-electron chi connectivity index (χ4n) is 4.35. The molecule has 1 atom stereocenters. The molecule has 182 valence electrons. The first-order valence-electron chi connectivity index (χ1n) is 12.2. The molecule has 34 heavy (non-hydrogen) atoms. The first kappa shape index (κ1) is 24.7. The van der Waals surface area contributed by atoms with Crippen molar-refractivity contribution >= 4 is 23.1 Å². The van der Waals surface area contributed by atoms with Gasteiger partial charge >= 0.3 is 0 Å². The number of carbonyl (C=O) groups excluding carboxylic acids is 1. The van der Waals surface area contributed by atoms with Gasteiger partial charge in [0.25, 0.3) is 0 Å². The van der Waals surface area contributed by atoms with Gasteiger partial charge in [0.05, 0.1) is 12.3 Å². The summed E-state index contributed by atoms with van der Waals surface area (Å²) in [5.74, 6) is 1.67. The van der Waals surface area contributed by atoms with E-state index in [1.54, 1.807) is 13.3 Å². The van der Waals surface area contributed by atoms with Crippen molar-refractivity contribution in [3.05, 3.63) is 47.1 Å². The summed E-state index contributed by atoms with van der Waals surface area (Å²) in [5, 5.41) is 4.95. The summed E-state index contributed by atoms with van der Waals surface area (Å²) in [6, 6.07) is 9.47. The Morgan fingerprint density at radius 1 is 1.18 bits per heavy atom. The number of oxime groups is 1. The SMILES string of the molecule is COCO/N=C1\CCCC[C@@H]1CCCC(=O)c1cnc(OCC2CC2)c(-c2ccc(Cl)cc2)c1. The molecule has 0 spiro atoms. The summed E-state index contributed by atoms with van der Waals surface area (Å²) >= 11 is 6.08. The van der Waals surface area contributed by atoms with Gasteiger partial charge in [-0.15, -0.1) is 0 Å². The molecule has 0 amide bonds. The monoisotopic (exact) mass is 484 g/mol. The molecule has 2 saturated carbocycles. The van der Waals surface area contributed by atoms with Crippen LogP contribution in [0.4, 0.5) is 0 Å². The predicted octanol–water partition coefficient (Wildman–Crippen LogP) is 6.71. The van der Waals surface area contributed by atoms with E-state index in [1.165, 1.54) is 19.3 Å². The van der Waals surface area contributed by atoms with E-state index in [1.807, 2.05) is 30.3 Å². The van der Waals surface area contributed by atoms with Crippen LogP contribution in [0.15, 0.2) is 41.7 Å². The van der Waals surface area contributed by atoms with Gasteiger partial charge in [0, 0.05) is 41.8 Å². The molecular weight excluding hydrogens is 452 g/mol. The second-order valence-corrected chi connectivity index (χ2v) is 9.65. The van der Waals surface area contributed by atoms with Gasteiger partial charge in [-0.05, 0) is 74.6 Å². The van der Waals surface area contributed by atoms with E-state index in [0.717, 1.165) is 48.9 Å². The van der Waals surface area contributed by atoms with Gasteiger partial charge in [0.1, 0.15) is 0 Å². The van der Waals surface area contributed by atoms with Crippen molar-refractivity contribution in [1.29, 1.82) is 0 Å². The van der Waals surface area contributed by atoms with E-state index in [2.05, 4.69) is 10.1 Å². The second-order valence-electron chi connectivity index (χ2n) is 9.21. The molecule has 2 fully saturated rings. The Bertz CT molecular complexity index is 989. The normalized spacial score (nSPS) is 19.2. The summed E-state index contributed by atoms with van der Waals surface area (Å²) in [6.07, 6.45) is 10.7. The maximum atomic E-state index is 13.0. The highest BCUT2D eigenvalue weighted by Crippen LogP contribution is 2.34. The van der Waals surface area contributed by atoms with E-state index in [-0.39, 0.29) is 12.6 Å². The zero-order valence-electron chi connectivity index (χ0n) is 19.8. The number of carbonyl (C=O) groups is 1. The number of Topliss-reactive ketones (excluding diaryl/α,β-unsaturated/α-hetero) is 1. The lowest BCUT2D eigenvalue weighted by atomic mass is 9.83. The lowest BCUT2D eigenvalue weighted by Gasteiger charge is -2.23. The Labute approximate surface area is 206 Å². The van der Waals surface area contributed by atoms with Crippen molar-refractivity contribution in [2.75, 3.05) is 20.5 Å². The molecule has 0 N–H and O–H groups in total. The molecule has 4 rings (SSSR count). The number of ketones is 1. The molecule has 2 aromatic rings. The van der Waals surface area contributed by atoms with E-state index >= 15 is 0 Å². The maximum Gasteiger partial charge on any atom is 0.221 e. The summed E-state index contributed by atoms with van der Waals surface area (Å²) in [4.78, 5) is 22.8. The third kappa shape index (κ3) is 7.03. The van der Waals surface area contributed by atoms with Crippen LogP contribution in [0.25, 0.3) is 11.1 Å². The third-order valence-corrected chi connectivity index (χ3v) is 6.75. The highest BCUT2D eigenvalue weighted by molar-refractivity contribution is 6.30. The average molecular weight is 485 g/mol. The van der Waals surface area contributed by atoms with Crippen LogP contribution < -0.4 is 4.74 Å². The topological polar surface area (TPSA) is 70.0 Å². The van der Waals surface area contributed by atoms with Crippen LogP contribution in [0, 0.1) is 11.8 Å². The van der Waals surface area contributed by atoms with Crippen LogP contribution in [0.3, 0.4) is 0 Å². The summed E-state index contributed by atoms with van der Waals surface area (Å²) < 4.78 is 10.9. The molecule has 0 saturated heterocycles. The minimum absolute atomic E-state index is 0.0985. The number of hydrogen-bond acceptors (Lipinski definition) is 6. The van der Waals surface area contributed by atoms with Gasteiger partial charge in [-0.1, -0.05) is 35.3 Å². The number of methoxy groups -OCH3 is 1. The summed E-state index contributed by atoms with van der Waals surface area (Å²) in [6.45, 7) is 0.832. The first-order chi connectivity index (χ1) is 16.6. The summed E-state index contributed by atoms with van der Waals surface area (Å²) in [7, 11) is 1.59. The lowest BCUT2D eigenvalue weighted by Crippen LogP contribution is -2.20. The minimum atomic E-state index is 0.0985. The van der Waals surface area contributed by atoms with Crippen molar-refractivity contribution in [2.24, 2.45) is 17.0 Å². The molecule has 1 heterocycles. The highest BCUT2D eigenvalue weighted by Gasteiger charge is 2.24.